The number of halogens is 1. The number of benzene rings is 1. The maximum Gasteiger partial charge on any atom is 0.246 e. The smallest absolute Gasteiger partial charge is 0.246 e. The van der Waals surface area contributed by atoms with Crippen LogP contribution in [-0.2, 0) is 10.0 Å². The Bertz CT molecular complexity index is 571. The molecular formula is C13H19FN2O3S. The molecule has 2 rings (SSSR count). The fourth-order valence-electron chi connectivity index (χ4n) is 2.63. The summed E-state index contributed by atoms with van der Waals surface area (Å²) in [5.74, 6) is -0.819. The van der Waals surface area contributed by atoms with Crippen molar-refractivity contribution in [1.82, 2.24) is 4.31 Å². The highest BCUT2D eigenvalue weighted by Crippen LogP contribution is 2.30. The van der Waals surface area contributed by atoms with Gasteiger partial charge < -0.3 is 10.8 Å². The minimum absolute atomic E-state index is 0.0265. The average molecular weight is 302 g/mol. The molecule has 7 heteroatoms. The summed E-state index contributed by atoms with van der Waals surface area (Å²) in [4.78, 5) is -0.419. The molecule has 1 fully saturated rings. The second-order valence-electron chi connectivity index (χ2n) is 4.97. The maximum atomic E-state index is 13.8. The van der Waals surface area contributed by atoms with E-state index in [0.29, 0.717) is 0 Å². The zero-order valence-electron chi connectivity index (χ0n) is 11.1. The van der Waals surface area contributed by atoms with Gasteiger partial charge in [0.2, 0.25) is 10.0 Å². The minimum Gasteiger partial charge on any atom is -0.399 e. The van der Waals surface area contributed by atoms with Crippen LogP contribution in [0.25, 0.3) is 0 Å². The van der Waals surface area contributed by atoms with Gasteiger partial charge in [0.1, 0.15) is 10.7 Å². The van der Waals surface area contributed by atoms with E-state index in [-0.39, 0.29) is 24.9 Å². The number of nitrogens with two attached hydrogens (primary N) is 1. The van der Waals surface area contributed by atoms with E-state index in [4.69, 9.17) is 10.8 Å². The van der Waals surface area contributed by atoms with Gasteiger partial charge in [-0.1, -0.05) is 12.8 Å². The van der Waals surface area contributed by atoms with Crippen LogP contribution in [0.3, 0.4) is 0 Å². The van der Waals surface area contributed by atoms with Crippen LogP contribution in [0.1, 0.15) is 25.7 Å². The van der Waals surface area contributed by atoms with Crippen molar-refractivity contribution in [3.63, 3.8) is 0 Å². The lowest BCUT2D eigenvalue weighted by Gasteiger charge is -2.27. The van der Waals surface area contributed by atoms with Crippen LogP contribution >= 0.6 is 0 Å². The van der Waals surface area contributed by atoms with Gasteiger partial charge in [-0.15, -0.1) is 0 Å². The normalized spacial score (nSPS) is 16.9. The molecule has 0 bridgehead atoms. The summed E-state index contributed by atoms with van der Waals surface area (Å²) in [5, 5.41) is 9.11. The fourth-order valence-corrected chi connectivity index (χ4v) is 4.41. The Morgan fingerprint density at radius 3 is 2.60 bits per heavy atom. The van der Waals surface area contributed by atoms with E-state index in [9.17, 15) is 12.8 Å². The molecule has 0 radical (unpaired) electrons. The zero-order valence-corrected chi connectivity index (χ0v) is 11.9. The Kier molecular flexibility index (Phi) is 4.62. The lowest BCUT2D eigenvalue weighted by atomic mass is 10.2. The van der Waals surface area contributed by atoms with E-state index in [2.05, 4.69) is 0 Å². The number of anilines is 1. The number of rotatable bonds is 5. The SMILES string of the molecule is Nc1ccc(F)c(S(=O)(=O)N(CCO)C2CCCC2)c1. The van der Waals surface area contributed by atoms with Crippen molar-refractivity contribution < 1.29 is 17.9 Å². The molecule has 5 nitrogen and oxygen atoms in total. The topological polar surface area (TPSA) is 83.6 Å². The Balaban J connectivity index is 2.41. The molecule has 0 atom stereocenters. The van der Waals surface area contributed by atoms with E-state index in [1.54, 1.807) is 0 Å². The first-order chi connectivity index (χ1) is 9.46. The zero-order chi connectivity index (χ0) is 14.8. The van der Waals surface area contributed by atoms with Gasteiger partial charge in [0, 0.05) is 18.3 Å². The molecule has 0 heterocycles. The first-order valence-corrected chi connectivity index (χ1v) is 8.08. The molecule has 20 heavy (non-hydrogen) atoms. The highest BCUT2D eigenvalue weighted by molar-refractivity contribution is 7.89. The number of sulfonamides is 1. The van der Waals surface area contributed by atoms with Crippen molar-refractivity contribution in [3.8, 4) is 0 Å². The van der Waals surface area contributed by atoms with Crippen LogP contribution in [0.5, 0.6) is 0 Å². The van der Waals surface area contributed by atoms with Crippen molar-refractivity contribution in [1.29, 1.82) is 0 Å². The van der Waals surface area contributed by atoms with E-state index < -0.39 is 20.7 Å². The van der Waals surface area contributed by atoms with Crippen molar-refractivity contribution in [2.45, 2.75) is 36.6 Å². The number of aliphatic hydroxyl groups is 1. The Morgan fingerprint density at radius 2 is 2.00 bits per heavy atom. The third kappa shape index (κ3) is 2.94. The second kappa shape index (κ2) is 6.07. The van der Waals surface area contributed by atoms with Gasteiger partial charge in [0.25, 0.3) is 0 Å². The summed E-state index contributed by atoms with van der Waals surface area (Å²) in [6.45, 7) is -0.319. The van der Waals surface area contributed by atoms with Crippen molar-refractivity contribution in [2.75, 3.05) is 18.9 Å². The molecule has 1 aromatic carbocycles. The number of nitrogen functional groups attached to an aromatic ring is 1. The summed E-state index contributed by atoms with van der Waals surface area (Å²) >= 11 is 0. The molecule has 1 aromatic rings. The van der Waals surface area contributed by atoms with Gasteiger partial charge in [-0.2, -0.15) is 4.31 Å². The molecule has 0 spiro atoms. The highest BCUT2D eigenvalue weighted by atomic mass is 32.2. The van der Waals surface area contributed by atoms with E-state index >= 15 is 0 Å². The molecule has 1 aliphatic carbocycles. The first-order valence-electron chi connectivity index (χ1n) is 6.64. The van der Waals surface area contributed by atoms with E-state index in [1.165, 1.54) is 10.4 Å². The van der Waals surface area contributed by atoms with Crippen molar-refractivity contribution in [3.05, 3.63) is 24.0 Å². The van der Waals surface area contributed by atoms with Crippen LogP contribution in [0.15, 0.2) is 23.1 Å². The van der Waals surface area contributed by atoms with E-state index in [0.717, 1.165) is 37.8 Å². The van der Waals surface area contributed by atoms with Gasteiger partial charge in [0.15, 0.2) is 0 Å². The molecule has 0 unspecified atom stereocenters. The van der Waals surface area contributed by atoms with Crippen LogP contribution in [0.4, 0.5) is 10.1 Å². The Hall–Kier alpha value is -1.18. The molecule has 1 aliphatic rings. The third-order valence-electron chi connectivity index (χ3n) is 3.59. The predicted octanol–water partition coefficient (Wildman–Crippen LogP) is 1.33. The van der Waals surface area contributed by atoms with Crippen molar-refractivity contribution in [2.24, 2.45) is 0 Å². The Morgan fingerprint density at radius 1 is 1.35 bits per heavy atom. The Labute approximate surface area is 118 Å². The van der Waals surface area contributed by atoms with Crippen LogP contribution in [-0.4, -0.2) is 37.0 Å². The van der Waals surface area contributed by atoms with Gasteiger partial charge in [0.05, 0.1) is 6.61 Å². The molecule has 3 N–H and O–H groups in total. The van der Waals surface area contributed by atoms with Gasteiger partial charge in [-0.05, 0) is 31.0 Å². The molecule has 0 saturated heterocycles. The lowest BCUT2D eigenvalue weighted by Crippen LogP contribution is -2.41. The molecule has 112 valence electrons. The number of hydrogen-bond acceptors (Lipinski definition) is 4. The van der Waals surface area contributed by atoms with Gasteiger partial charge in [-0.25, -0.2) is 12.8 Å². The quantitative estimate of drug-likeness (QED) is 0.804. The second-order valence-corrected chi connectivity index (χ2v) is 6.83. The summed E-state index contributed by atoms with van der Waals surface area (Å²) in [6.07, 6.45) is 3.37. The summed E-state index contributed by atoms with van der Waals surface area (Å²) in [7, 11) is -3.98. The largest absolute Gasteiger partial charge is 0.399 e. The number of nitrogens with zero attached hydrogens (tertiary/aromatic N) is 1. The number of hydrogen-bond donors (Lipinski definition) is 2. The predicted molar refractivity (Wildman–Crippen MR) is 74.0 cm³/mol. The van der Waals surface area contributed by atoms with Crippen LogP contribution < -0.4 is 5.73 Å². The van der Waals surface area contributed by atoms with E-state index in [1.807, 2.05) is 0 Å². The highest BCUT2D eigenvalue weighted by Gasteiger charge is 2.34. The monoisotopic (exact) mass is 302 g/mol. The summed E-state index contributed by atoms with van der Waals surface area (Å²) in [6, 6.07) is 3.33. The van der Waals surface area contributed by atoms with Crippen LogP contribution in [0, 0.1) is 5.82 Å². The molecular weight excluding hydrogens is 283 g/mol. The maximum absolute atomic E-state index is 13.8. The minimum atomic E-state index is -3.98. The van der Waals surface area contributed by atoms with Gasteiger partial charge >= 0.3 is 0 Å². The molecule has 0 amide bonds. The molecule has 1 saturated carbocycles. The van der Waals surface area contributed by atoms with Crippen LogP contribution in [0.2, 0.25) is 0 Å². The summed E-state index contributed by atoms with van der Waals surface area (Å²) < 4.78 is 40.2. The first kappa shape index (κ1) is 15.2. The third-order valence-corrected chi connectivity index (χ3v) is 5.56. The van der Waals surface area contributed by atoms with Gasteiger partial charge in [-0.3, -0.25) is 0 Å². The standard InChI is InChI=1S/C13H19FN2O3S/c14-12-6-5-10(15)9-13(12)20(18,19)16(7-8-17)11-3-1-2-4-11/h5-6,9,11,17H,1-4,7-8,15H2. The average Bonchev–Trinajstić information content (AvgIpc) is 2.92. The number of aliphatic hydroxyl groups excluding tert-OH is 1. The van der Waals surface area contributed by atoms with Crippen molar-refractivity contribution >= 4 is 15.7 Å². The lowest BCUT2D eigenvalue weighted by molar-refractivity contribution is 0.226. The molecule has 0 aliphatic heterocycles. The summed E-state index contributed by atoms with van der Waals surface area (Å²) in [5.41, 5.74) is 5.75. The fraction of sp³-hybridized carbons (Fsp3) is 0.538. The molecule has 0 aromatic heterocycles.